The fraction of sp³-hybridized carbons (Fsp3) is 0. The summed E-state index contributed by atoms with van der Waals surface area (Å²) in [6, 6.07) is 38.3. The predicted octanol–water partition coefficient (Wildman–Crippen LogP) is 8.89. The van der Waals surface area contributed by atoms with Gasteiger partial charge in [-0.1, -0.05) is 72.8 Å². The molecule has 2 nitrogen and oxygen atoms in total. The molecule has 8 aromatic carbocycles. The zero-order chi connectivity index (χ0) is 24.0. The minimum atomic E-state index is 0.656. The summed E-state index contributed by atoms with van der Waals surface area (Å²) in [7, 11) is 0. The Labute approximate surface area is 206 Å². The van der Waals surface area contributed by atoms with E-state index in [2.05, 4.69) is 84.9 Å². The summed E-state index contributed by atoms with van der Waals surface area (Å²) in [6.45, 7) is 0. The van der Waals surface area contributed by atoms with Crippen LogP contribution in [0, 0.1) is 22.7 Å². The Balaban J connectivity index is 1.75. The van der Waals surface area contributed by atoms with Crippen LogP contribution in [0.2, 0.25) is 0 Å². The van der Waals surface area contributed by atoms with E-state index < -0.39 is 0 Å². The van der Waals surface area contributed by atoms with E-state index >= 15 is 0 Å². The van der Waals surface area contributed by atoms with Crippen molar-refractivity contribution in [2.24, 2.45) is 0 Å². The fourth-order valence-corrected chi connectivity index (χ4v) is 6.40. The molecule has 2 heteroatoms. The van der Waals surface area contributed by atoms with Crippen molar-refractivity contribution in [3.8, 4) is 23.3 Å². The number of benzene rings is 6. The second-order valence-electron chi connectivity index (χ2n) is 9.50. The van der Waals surface area contributed by atoms with Crippen LogP contribution in [0.15, 0.2) is 97.1 Å². The Morgan fingerprint density at radius 1 is 0.417 bits per heavy atom. The Morgan fingerprint density at radius 3 is 1.75 bits per heavy atom. The van der Waals surface area contributed by atoms with E-state index in [1.807, 2.05) is 24.3 Å². The lowest BCUT2D eigenvalue weighted by Gasteiger charge is -2.12. The summed E-state index contributed by atoms with van der Waals surface area (Å²) < 4.78 is 0. The normalized spacial score (nSPS) is 11.8. The van der Waals surface area contributed by atoms with Crippen LogP contribution in [0.1, 0.15) is 11.1 Å². The molecular weight excluding hydrogens is 436 g/mol. The molecule has 0 amide bonds. The average molecular weight is 453 g/mol. The lowest BCUT2D eigenvalue weighted by molar-refractivity contribution is 1.49. The van der Waals surface area contributed by atoms with Crippen molar-refractivity contribution >= 4 is 64.6 Å². The molecular formula is C34H16N2. The predicted molar refractivity (Wildman–Crippen MR) is 149 cm³/mol. The van der Waals surface area contributed by atoms with Crippen LogP contribution in [0.25, 0.3) is 75.8 Å². The molecule has 0 aliphatic heterocycles. The first-order chi connectivity index (χ1) is 17.8. The smallest absolute Gasteiger partial charge is 0.0991 e. The minimum absolute atomic E-state index is 0.656. The van der Waals surface area contributed by atoms with Crippen LogP contribution >= 0.6 is 0 Å². The van der Waals surface area contributed by atoms with Crippen LogP contribution in [0.3, 0.4) is 0 Å². The van der Waals surface area contributed by atoms with E-state index in [1.165, 1.54) is 64.8 Å². The van der Waals surface area contributed by atoms with Gasteiger partial charge in [0, 0.05) is 0 Å². The molecule has 0 aliphatic carbocycles. The largest absolute Gasteiger partial charge is 0.192 e. The second-order valence-corrected chi connectivity index (χ2v) is 9.50. The first-order valence-electron chi connectivity index (χ1n) is 12.0. The van der Waals surface area contributed by atoms with Gasteiger partial charge in [0.2, 0.25) is 0 Å². The number of nitrogens with zero attached hydrogens (tertiary/aromatic N) is 2. The third-order valence-electron chi connectivity index (χ3n) is 7.79. The summed E-state index contributed by atoms with van der Waals surface area (Å²) in [5.41, 5.74) is 3.63. The van der Waals surface area contributed by atoms with Gasteiger partial charge < -0.3 is 0 Å². The van der Waals surface area contributed by atoms with Crippen LogP contribution in [-0.2, 0) is 0 Å². The maximum absolute atomic E-state index is 9.62. The van der Waals surface area contributed by atoms with Crippen LogP contribution in [0.4, 0.5) is 0 Å². The summed E-state index contributed by atoms with van der Waals surface area (Å²) in [5.74, 6) is 0. The third kappa shape index (κ3) is 2.24. The number of hydrogen-bond donors (Lipinski definition) is 0. The number of fused-ring (bicyclic) bond motifs is 7. The Morgan fingerprint density at radius 2 is 1.00 bits per heavy atom. The molecule has 0 unspecified atom stereocenters. The standard InChI is InChI=1S/C34H16N2/c35-17-19-10-13-22(14-11-19)30-27-9-3-6-23-28-16-20(18-36)12-15-24(28)32(31(23)27)34-26-8-2-5-21-4-1-7-25(29(21)26)33(30)34/h1-16H. The van der Waals surface area contributed by atoms with Crippen LogP contribution in [0.5, 0.6) is 0 Å². The molecule has 36 heavy (non-hydrogen) atoms. The fourth-order valence-electron chi connectivity index (χ4n) is 6.40. The highest BCUT2D eigenvalue weighted by Crippen LogP contribution is 2.52. The highest BCUT2D eigenvalue weighted by molar-refractivity contribution is 6.48. The maximum atomic E-state index is 9.62. The molecule has 162 valence electrons. The Hall–Kier alpha value is -5.18. The van der Waals surface area contributed by atoms with Gasteiger partial charge in [-0.25, -0.2) is 0 Å². The Kier molecular flexibility index (Phi) is 3.56. The van der Waals surface area contributed by atoms with Gasteiger partial charge in [-0.3, -0.25) is 0 Å². The monoisotopic (exact) mass is 452 g/mol. The third-order valence-corrected chi connectivity index (χ3v) is 7.79. The van der Waals surface area contributed by atoms with E-state index in [0.29, 0.717) is 11.1 Å². The van der Waals surface area contributed by atoms with Crippen LogP contribution < -0.4 is 0 Å². The van der Waals surface area contributed by atoms with Gasteiger partial charge in [-0.2, -0.15) is 10.5 Å². The van der Waals surface area contributed by atoms with Gasteiger partial charge in [0.15, 0.2) is 0 Å². The van der Waals surface area contributed by atoms with Crippen molar-refractivity contribution in [2.75, 3.05) is 0 Å². The highest BCUT2D eigenvalue weighted by atomic mass is 14.3. The molecule has 0 atom stereocenters. The van der Waals surface area contributed by atoms with Gasteiger partial charge in [-0.15, -0.1) is 0 Å². The van der Waals surface area contributed by atoms with E-state index in [9.17, 15) is 10.5 Å². The molecule has 0 bridgehead atoms. The lowest BCUT2D eigenvalue weighted by Crippen LogP contribution is -1.85. The highest BCUT2D eigenvalue weighted by Gasteiger charge is 2.24. The van der Waals surface area contributed by atoms with Crippen molar-refractivity contribution in [1.82, 2.24) is 0 Å². The SMILES string of the molecule is N#Cc1ccc(-c2c3cccc4c5cc(C#N)ccc5c(c34)c3c4cccc5cccc(c23)c54)cc1. The van der Waals surface area contributed by atoms with Crippen molar-refractivity contribution < 1.29 is 0 Å². The van der Waals surface area contributed by atoms with Crippen LogP contribution in [-0.4, -0.2) is 0 Å². The van der Waals surface area contributed by atoms with Gasteiger partial charge in [0.05, 0.1) is 23.3 Å². The van der Waals surface area contributed by atoms with E-state index in [4.69, 9.17) is 0 Å². The van der Waals surface area contributed by atoms with E-state index in [-0.39, 0.29) is 0 Å². The minimum Gasteiger partial charge on any atom is -0.192 e. The molecule has 0 spiro atoms. The number of hydrogen-bond acceptors (Lipinski definition) is 2. The number of rotatable bonds is 1. The van der Waals surface area contributed by atoms with Crippen molar-refractivity contribution in [1.29, 1.82) is 10.5 Å². The second kappa shape index (κ2) is 6.70. The summed E-state index contributed by atoms with van der Waals surface area (Å²) in [6.07, 6.45) is 0. The van der Waals surface area contributed by atoms with Crippen molar-refractivity contribution in [3.05, 3.63) is 108 Å². The molecule has 0 saturated heterocycles. The first kappa shape index (κ1) is 19.2. The molecule has 8 aromatic rings. The van der Waals surface area contributed by atoms with Gasteiger partial charge in [0.1, 0.15) is 0 Å². The molecule has 0 heterocycles. The van der Waals surface area contributed by atoms with E-state index in [1.54, 1.807) is 0 Å². The first-order valence-corrected chi connectivity index (χ1v) is 12.0. The quantitative estimate of drug-likeness (QED) is 0.250. The van der Waals surface area contributed by atoms with Crippen molar-refractivity contribution in [3.63, 3.8) is 0 Å². The van der Waals surface area contributed by atoms with Gasteiger partial charge in [0.25, 0.3) is 0 Å². The molecule has 0 aliphatic rings. The van der Waals surface area contributed by atoms with Gasteiger partial charge in [-0.05, 0) is 100 Å². The molecule has 0 fully saturated rings. The Bertz CT molecular complexity index is 2250. The summed E-state index contributed by atoms with van der Waals surface area (Å²) in [4.78, 5) is 0. The zero-order valence-corrected chi connectivity index (χ0v) is 19.1. The maximum Gasteiger partial charge on any atom is 0.0991 e. The summed E-state index contributed by atoms with van der Waals surface area (Å²) >= 11 is 0. The molecule has 0 aromatic heterocycles. The summed E-state index contributed by atoms with van der Waals surface area (Å²) in [5, 5.41) is 33.8. The lowest BCUT2D eigenvalue weighted by atomic mass is 9.90. The molecule has 0 saturated carbocycles. The van der Waals surface area contributed by atoms with Crippen molar-refractivity contribution in [2.45, 2.75) is 0 Å². The molecule has 8 rings (SSSR count). The zero-order valence-electron chi connectivity index (χ0n) is 19.1. The number of nitriles is 2. The molecule has 0 N–H and O–H groups in total. The van der Waals surface area contributed by atoms with E-state index in [0.717, 1.165) is 10.9 Å². The van der Waals surface area contributed by atoms with Gasteiger partial charge >= 0.3 is 0 Å². The topological polar surface area (TPSA) is 47.6 Å². The molecule has 0 radical (unpaired) electrons. The average Bonchev–Trinajstić information content (AvgIpc) is 3.44.